The molecule has 0 spiro atoms. The number of hydrogen-bond acceptors (Lipinski definition) is 3. The molecule has 0 heterocycles. The zero-order chi connectivity index (χ0) is 18.9. The molecule has 0 aliphatic carbocycles. The Kier molecular flexibility index (Phi) is 11.1. The van der Waals surface area contributed by atoms with E-state index >= 15 is 0 Å². The Bertz CT molecular complexity index is 607. The molecule has 0 aromatic heterocycles. The monoisotopic (exact) mass is 484 g/mol. The van der Waals surface area contributed by atoms with Gasteiger partial charge in [-0.3, -0.25) is 4.99 Å². The van der Waals surface area contributed by atoms with Gasteiger partial charge in [0, 0.05) is 26.7 Å². The van der Waals surface area contributed by atoms with Gasteiger partial charge in [0.25, 0.3) is 0 Å². The SMILES string of the molecule is CN=C(NCCNC(=O)OC(C)(C)C)NCCc1cc(F)ccc1F.I. The van der Waals surface area contributed by atoms with Crippen molar-refractivity contribution in [2.45, 2.75) is 32.8 Å². The van der Waals surface area contributed by atoms with Crippen molar-refractivity contribution in [3.05, 3.63) is 35.4 Å². The molecule has 0 bridgehead atoms. The summed E-state index contributed by atoms with van der Waals surface area (Å²) >= 11 is 0. The van der Waals surface area contributed by atoms with Crippen LogP contribution in [0.15, 0.2) is 23.2 Å². The third kappa shape index (κ3) is 10.4. The van der Waals surface area contributed by atoms with Crippen LogP contribution in [-0.4, -0.2) is 44.3 Å². The number of aliphatic imine (C=N–C) groups is 1. The molecule has 1 rings (SSSR count). The van der Waals surface area contributed by atoms with Crippen LogP contribution in [0.25, 0.3) is 0 Å². The smallest absolute Gasteiger partial charge is 0.407 e. The number of hydrogen-bond donors (Lipinski definition) is 3. The summed E-state index contributed by atoms with van der Waals surface area (Å²) in [6.07, 6.45) is -0.167. The molecule has 0 unspecified atom stereocenters. The molecule has 148 valence electrons. The van der Waals surface area contributed by atoms with Crippen molar-refractivity contribution in [3.63, 3.8) is 0 Å². The average Bonchev–Trinajstić information content (AvgIpc) is 2.51. The van der Waals surface area contributed by atoms with Crippen molar-refractivity contribution in [2.24, 2.45) is 4.99 Å². The first-order chi connectivity index (χ1) is 11.7. The number of alkyl carbamates (subject to hydrolysis) is 1. The fraction of sp³-hybridized carbons (Fsp3) is 0.529. The lowest BCUT2D eigenvalue weighted by atomic mass is 10.1. The second kappa shape index (κ2) is 11.9. The van der Waals surface area contributed by atoms with Crippen LogP contribution in [0, 0.1) is 11.6 Å². The molecule has 6 nitrogen and oxygen atoms in total. The highest BCUT2D eigenvalue weighted by Crippen LogP contribution is 2.09. The lowest BCUT2D eigenvalue weighted by molar-refractivity contribution is 0.0529. The van der Waals surface area contributed by atoms with Crippen LogP contribution in [0.2, 0.25) is 0 Å². The van der Waals surface area contributed by atoms with Crippen molar-refractivity contribution >= 4 is 36.0 Å². The first-order valence-corrected chi connectivity index (χ1v) is 8.06. The Balaban J connectivity index is 0.00000625. The van der Waals surface area contributed by atoms with Crippen LogP contribution in [-0.2, 0) is 11.2 Å². The normalized spacial score (nSPS) is 11.4. The van der Waals surface area contributed by atoms with Gasteiger partial charge >= 0.3 is 6.09 Å². The number of nitrogens with one attached hydrogen (secondary N) is 3. The summed E-state index contributed by atoms with van der Waals surface area (Å²) < 4.78 is 31.7. The predicted molar refractivity (Wildman–Crippen MR) is 109 cm³/mol. The maximum atomic E-state index is 13.5. The molecule has 0 aliphatic rings. The zero-order valence-corrected chi connectivity index (χ0v) is 17.8. The van der Waals surface area contributed by atoms with E-state index in [4.69, 9.17) is 4.74 Å². The lowest BCUT2D eigenvalue weighted by Crippen LogP contribution is -2.43. The van der Waals surface area contributed by atoms with Crippen LogP contribution >= 0.6 is 24.0 Å². The number of amides is 1. The van der Waals surface area contributed by atoms with Gasteiger partial charge in [0.15, 0.2) is 5.96 Å². The summed E-state index contributed by atoms with van der Waals surface area (Å²) in [6, 6.07) is 3.38. The third-order valence-corrected chi connectivity index (χ3v) is 3.00. The topological polar surface area (TPSA) is 74.8 Å². The molecule has 26 heavy (non-hydrogen) atoms. The summed E-state index contributed by atoms with van der Waals surface area (Å²) in [6.45, 7) is 6.55. The molecule has 1 aromatic rings. The highest BCUT2D eigenvalue weighted by Gasteiger charge is 2.15. The number of carbonyl (C=O) groups excluding carboxylic acids is 1. The number of guanidine groups is 1. The summed E-state index contributed by atoms with van der Waals surface area (Å²) in [5.74, 6) is -0.400. The summed E-state index contributed by atoms with van der Waals surface area (Å²) in [7, 11) is 1.60. The van der Waals surface area contributed by atoms with Gasteiger partial charge in [-0.25, -0.2) is 13.6 Å². The Hall–Kier alpha value is -1.65. The van der Waals surface area contributed by atoms with Crippen LogP contribution in [0.4, 0.5) is 13.6 Å². The van der Waals surface area contributed by atoms with Crippen molar-refractivity contribution < 1.29 is 18.3 Å². The molecule has 0 fully saturated rings. The summed E-state index contributed by atoms with van der Waals surface area (Å²) in [4.78, 5) is 15.5. The second-order valence-corrected chi connectivity index (χ2v) is 6.34. The van der Waals surface area contributed by atoms with Crippen molar-refractivity contribution in [1.82, 2.24) is 16.0 Å². The van der Waals surface area contributed by atoms with Crippen molar-refractivity contribution in [1.29, 1.82) is 0 Å². The first-order valence-electron chi connectivity index (χ1n) is 8.06. The molecular formula is C17H27F2IN4O2. The largest absolute Gasteiger partial charge is 0.444 e. The molecule has 0 aliphatic heterocycles. The molecule has 0 saturated heterocycles. The number of carbonyl (C=O) groups is 1. The minimum absolute atomic E-state index is 0. The predicted octanol–water partition coefficient (Wildman–Crippen LogP) is 2.82. The summed E-state index contributed by atoms with van der Waals surface area (Å²) in [5, 5.41) is 8.61. The van der Waals surface area contributed by atoms with E-state index in [1.807, 2.05) is 0 Å². The maximum Gasteiger partial charge on any atom is 0.407 e. The highest BCUT2D eigenvalue weighted by molar-refractivity contribution is 14.0. The van der Waals surface area contributed by atoms with Gasteiger partial charge in [0.2, 0.25) is 0 Å². The van der Waals surface area contributed by atoms with E-state index in [9.17, 15) is 13.6 Å². The van der Waals surface area contributed by atoms with Crippen LogP contribution in [0.3, 0.4) is 0 Å². The third-order valence-electron chi connectivity index (χ3n) is 3.00. The Morgan fingerprint density at radius 2 is 1.73 bits per heavy atom. The van der Waals surface area contributed by atoms with Gasteiger partial charge < -0.3 is 20.7 Å². The Morgan fingerprint density at radius 1 is 1.12 bits per heavy atom. The van der Waals surface area contributed by atoms with Gasteiger partial charge in [-0.2, -0.15) is 0 Å². The summed E-state index contributed by atoms with van der Waals surface area (Å²) in [5.41, 5.74) is -0.240. The van der Waals surface area contributed by atoms with Crippen molar-refractivity contribution in [3.8, 4) is 0 Å². The number of nitrogens with zero attached hydrogens (tertiary/aromatic N) is 1. The van der Waals surface area contributed by atoms with Gasteiger partial charge in [0.1, 0.15) is 17.2 Å². The second-order valence-electron chi connectivity index (χ2n) is 6.34. The minimum Gasteiger partial charge on any atom is -0.444 e. The van der Waals surface area contributed by atoms with E-state index in [1.165, 1.54) is 6.07 Å². The lowest BCUT2D eigenvalue weighted by Gasteiger charge is -2.20. The van der Waals surface area contributed by atoms with Crippen LogP contribution < -0.4 is 16.0 Å². The zero-order valence-electron chi connectivity index (χ0n) is 15.5. The fourth-order valence-corrected chi connectivity index (χ4v) is 1.93. The minimum atomic E-state index is -0.540. The average molecular weight is 484 g/mol. The molecule has 1 amide bonds. The number of halogens is 3. The molecular weight excluding hydrogens is 457 g/mol. The molecule has 0 saturated carbocycles. The first kappa shape index (κ1) is 24.4. The van der Waals surface area contributed by atoms with Gasteiger partial charge in [-0.1, -0.05) is 0 Å². The van der Waals surface area contributed by atoms with E-state index in [-0.39, 0.29) is 24.0 Å². The maximum absolute atomic E-state index is 13.5. The van der Waals surface area contributed by atoms with E-state index in [0.29, 0.717) is 37.6 Å². The quantitative estimate of drug-likeness (QED) is 0.251. The van der Waals surface area contributed by atoms with Gasteiger partial charge in [-0.05, 0) is 51.0 Å². The number of benzene rings is 1. The Labute approximate surface area is 170 Å². The molecule has 0 radical (unpaired) electrons. The molecule has 9 heteroatoms. The molecule has 0 atom stereocenters. The van der Waals surface area contributed by atoms with E-state index in [1.54, 1.807) is 27.8 Å². The molecule has 1 aromatic carbocycles. The standard InChI is InChI=1S/C17H26F2N4O2.HI/c1-17(2,3)25-16(24)23-10-9-22-15(20-4)21-8-7-12-11-13(18)5-6-14(12)19;/h5-6,11H,7-10H2,1-4H3,(H,23,24)(H2,20,21,22);1H. The van der Waals surface area contributed by atoms with Gasteiger partial charge in [-0.15, -0.1) is 24.0 Å². The van der Waals surface area contributed by atoms with Crippen molar-refractivity contribution in [2.75, 3.05) is 26.7 Å². The van der Waals surface area contributed by atoms with Crippen LogP contribution in [0.5, 0.6) is 0 Å². The van der Waals surface area contributed by atoms with Crippen LogP contribution in [0.1, 0.15) is 26.3 Å². The fourth-order valence-electron chi connectivity index (χ4n) is 1.93. The number of rotatable bonds is 6. The van der Waals surface area contributed by atoms with E-state index < -0.39 is 23.3 Å². The van der Waals surface area contributed by atoms with Gasteiger partial charge in [0.05, 0.1) is 0 Å². The highest BCUT2D eigenvalue weighted by atomic mass is 127. The van der Waals surface area contributed by atoms with E-state index in [2.05, 4.69) is 20.9 Å². The molecule has 3 N–H and O–H groups in total. The number of ether oxygens (including phenoxy) is 1. The van der Waals surface area contributed by atoms with E-state index in [0.717, 1.165) is 12.1 Å². The Morgan fingerprint density at radius 3 is 2.35 bits per heavy atom.